The van der Waals surface area contributed by atoms with Gasteiger partial charge in [0.15, 0.2) is 0 Å². The number of nitrogens with zero attached hydrogens (tertiary/aromatic N) is 1. The molecule has 0 aliphatic heterocycles. The highest BCUT2D eigenvalue weighted by molar-refractivity contribution is 5.78. The Hall–Kier alpha value is -1.62. The van der Waals surface area contributed by atoms with Crippen LogP contribution in [0.4, 0.5) is 0 Å². The van der Waals surface area contributed by atoms with Crippen LogP contribution in [0.15, 0.2) is 24.5 Å². The number of ketones is 1. The number of terminal acetylenes is 1. The Balaban J connectivity index is 2.20. The van der Waals surface area contributed by atoms with Gasteiger partial charge in [-0.3, -0.25) is 9.78 Å². The summed E-state index contributed by atoms with van der Waals surface area (Å²) in [7, 11) is 0. The minimum absolute atomic E-state index is 0.286. The second kappa shape index (κ2) is 6.78. The maximum Gasteiger partial charge on any atom is 0.133 e. The van der Waals surface area contributed by atoms with Crippen LogP contribution in [-0.2, 0) is 11.2 Å². The van der Waals surface area contributed by atoms with Gasteiger partial charge in [-0.15, -0.1) is 12.3 Å². The Morgan fingerprint density at radius 3 is 3.00 bits per heavy atom. The van der Waals surface area contributed by atoms with Crippen molar-refractivity contribution >= 4 is 5.78 Å². The highest BCUT2D eigenvalue weighted by Crippen LogP contribution is 2.04. The van der Waals surface area contributed by atoms with Crippen molar-refractivity contribution in [2.24, 2.45) is 0 Å². The molecule has 0 aromatic carbocycles. The van der Waals surface area contributed by atoms with E-state index in [9.17, 15) is 4.79 Å². The molecule has 0 radical (unpaired) electrons. The Morgan fingerprint density at radius 2 is 2.33 bits per heavy atom. The van der Waals surface area contributed by atoms with Crippen LogP contribution in [0, 0.1) is 12.3 Å². The van der Waals surface area contributed by atoms with E-state index in [1.807, 2.05) is 12.1 Å². The van der Waals surface area contributed by atoms with Crippen molar-refractivity contribution < 1.29 is 4.79 Å². The van der Waals surface area contributed by atoms with Gasteiger partial charge in [0.1, 0.15) is 5.78 Å². The lowest BCUT2D eigenvalue weighted by Crippen LogP contribution is -2.00. The van der Waals surface area contributed by atoms with E-state index in [-0.39, 0.29) is 5.78 Å². The maximum absolute atomic E-state index is 11.4. The highest BCUT2D eigenvalue weighted by Gasteiger charge is 2.01. The molecule has 1 aromatic heterocycles. The molecule has 2 heteroatoms. The molecule has 0 unspecified atom stereocenters. The molecule has 0 fully saturated rings. The summed E-state index contributed by atoms with van der Waals surface area (Å²) < 4.78 is 0. The van der Waals surface area contributed by atoms with E-state index in [4.69, 9.17) is 6.42 Å². The van der Waals surface area contributed by atoms with Crippen LogP contribution < -0.4 is 0 Å². The smallest absolute Gasteiger partial charge is 0.133 e. The molecule has 15 heavy (non-hydrogen) atoms. The molecular weight excluding hydrogens is 186 g/mol. The van der Waals surface area contributed by atoms with E-state index in [0.717, 1.165) is 18.4 Å². The summed E-state index contributed by atoms with van der Waals surface area (Å²) in [5, 5.41) is 0. The molecule has 0 aliphatic carbocycles. The standard InChI is InChI=1S/C13H15NO/c1-2-3-4-7-13(15)9-8-12-6-5-10-14-11-12/h1,5-6,10-11H,3-4,7-9H2. The normalized spacial score (nSPS) is 9.53. The van der Waals surface area contributed by atoms with E-state index in [2.05, 4.69) is 10.9 Å². The van der Waals surface area contributed by atoms with Crippen molar-refractivity contribution in [3.63, 3.8) is 0 Å². The quantitative estimate of drug-likeness (QED) is 0.522. The zero-order valence-corrected chi connectivity index (χ0v) is 8.78. The number of rotatable bonds is 6. The summed E-state index contributed by atoms with van der Waals surface area (Å²) in [5.74, 6) is 2.82. The second-order valence-electron chi connectivity index (χ2n) is 3.46. The van der Waals surface area contributed by atoms with Gasteiger partial charge >= 0.3 is 0 Å². The lowest BCUT2D eigenvalue weighted by molar-refractivity contribution is -0.119. The van der Waals surface area contributed by atoms with Crippen molar-refractivity contribution in [1.29, 1.82) is 0 Å². The molecule has 1 rings (SSSR count). The first kappa shape index (κ1) is 11.5. The Bertz CT molecular complexity index is 337. The van der Waals surface area contributed by atoms with Crippen molar-refractivity contribution in [2.45, 2.75) is 32.1 Å². The third-order valence-electron chi connectivity index (χ3n) is 2.19. The summed E-state index contributed by atoms with van der Waals surface area (Å²) in [6.07, 6.45) is 12.1. The topological polar surface area (TPSA) is 30.0 Å². The molecule has 0 aliphatic rings. The minimum atomic E-state index is 0.286. The zero-order valence-electron chi connectivity index (χ0n) is 8.78. The number of carbonyl (C=O) groups excluding carboxylic acids is 1. The molecule has 1 aromatic rings. The number of Topliss-reactive ketones (excluding diaryl/α,β-unsaturated/α-hetero) is 1. The lowest BCUT2D eigenvalue weighted by atomic mass is 10.1. The summed E-state index contributed by atoms with van der Waals surface area (Å²) in [6, 6.07) is 3.87. The Kier molecular flexibility index (Phi) is 5.18. The van der Waals surface area contributed by atoms with Gasteiger partial charge in [-0.1, -0.05) is 6.07 Å². The lowest BCUT2D eigenvalue weighted by Gasteiger charge is -1.99. The van der Waals surface area contributed by atoms with Crippen molar-refractivity contribution in [3.05, 3.63) is 30.1 Å². The van der Waals surface area contributed by atoms with Crippen LogP contribution >= 0.6 is 0 Å². The van der Waals surface area contributed by atoms with Gasteiger partial charge in [0.05, 0.1) is 0 Å². The van der Waals surface area contributed by atoms with E-state index < -0.39 is 0 Å². The largest absolute Gasteiger partial charge is 0.300 e. The predicted molar refractivity (Wildman–Crippen MR) is 60.2 cm³/mol. The van der Waals surface area contributed by atoms with Crippen LogP contribution in [0.5, 0.6) is 0 Å². The zero-order chi connectivity index (χ0) is 10.9. The van der Waals surface area contributed by atoms with Gasteiger partial charge in [0.2, 0.25) is 0 Å². The van der Waals surface area contributed by atoms with Crippen LogP contribution in [0.3, 0.4) is 0 Å². The number of hydrogen-bond donors (Lipinski definition) is 0. The van der Waals surface area contributed by atoms with E-state index >= 15 is 0 Å². The van der Waals surface area contributed by atoms with Gasteiger partial charge in [0, 0.05) is 31.7 Å². The fourth-order valence-corrected chi connectivity index (χ4v) is 1.34. The average molecular weight is 201 g/mol. The first-order valence-electron chi connectivity index (χ1n) is 5.17. The van der Waals surface area contributed by atoms with Gasteiger partial charge in [0.25, 0.3) is 0 Å². The van der Waals surface area contributed by atoms with Crippen molar-refractivity contribution in [3.8, 4) is 12.3 Å². The number of hydrogen-bond acceptors (Lipinski definition) is 2. The molecule has 0 saturated carbocycles. The van der Waals surface area contributed by atoms with Crippen molar-refractivity contribution in [1.82, 2.24) is 4.98 Å². The number of aromatic nitrogens is 1. The van der Waals surface area contributed by atoms with Crippen LogP contribution in [0.2, 0.25) is 0 Å². The molecule has 0 atom stereocenters. The van der Waals surface area contributed by atoms with Crippen molar-refractivity contribution in [2.75, 3.05) is 0 Å². The molecular formula is C13H15NO. The fourth-order valence-electron chi connectivity index (χ4n) is 1.34. The van der Waals surface area contributed by atoms with Gasteiger partial charge < -0.3 is 0 Å². The number of unbranched alkanes of at least 4 members (excludes halogenated alkanes) is 1. The monoisotopic (exact) mass is 201 g/mol. The number of carbonyl (C=O) groups is 1. The summed E-state index contributed by atoms with van der Waals surface area (Å²) in [5.41, 5.74) is 1.11. The highest BCUT2D eigenvalue weighted by atomic mass is 16.1. The SMILES string of the molecule is C#CCCCC(=O)CCc1cccnc1. The molecule has 0 N–H and O–H groups in total. The first-order valence-corrected chi connectivity index (χ1v) is 5.17. The predicted octanol–water partition coefficient (Wildman–Crippen LogP) is 2.39. The molecule has 78 valence electrons. The summed E-state index contributed by atoms with van der Waals surface area (Å²) >= 11 is 0. The molecule has 1 heterocycles. The summed E-state index contributed by atoms with van der Waals surface area (Å²) in [6.45, 7) is 0. The molecule has 0 bridgehead atoms. The fraction of sp³-hybridized carbons (Fsp3) is 0.385. The molecule has 0 spiro atoms. The molecule has 2 nitrogen and oxygen atoms in total. The Morgan fingerprint density at radius 1 is 1.47 bits per heavy atom. The van der Waals surface area contributed by atoms with Crippen LogP contribution in [0.25, 0.3) is 0 Å². The van der Waals surface area contributed by atoms with E-state index in [0.29, 0.717) is 19.3 Å². The van der Waals surface area contributed by atoms with Gasteiger partial charge in [-0.05, 0) is 24.5 Å². The number of aryl methyl sites for hydroxylation is 1. The third kappa shape index (κ3) is 4.97. The second-order valence-corrected chi connectivity index (χ2v) is 3.46. The van der Waals surface area contributed by atoms with E-state index in [1.165, 1.54) is 0 Å². The maximum atomic E-state index is 11.4. The van der Waals surface area contributed by atoms with Gasteiger partial charge in [-0.25, -0.2) is 0 Å². The molecule has 0 amide bonds. The Labute approximate surface area is 90.7 Å². The third-order valence-corrected chi connectivity index (χ3v) is 2.19. The first-order chi connectivity index (χ1) is 7.33. The molecule has 0 saturated heterocycles. The average Bonchev–Trinajstić information content (AvgIpc) is 2.28. The number of pyridine rings is 1. The van der Waals surface area contributed by atoms with Crippen LogP contribution in [0.1, 0.15) is 31.2 Å². The van der Waals surface area contributed by atoms with Crippen LogP contribution in [-0.4, -0.2) is 10.8 Å². The van der Waals surface area contributed by atoms with E-state index in [1.54, 1.807) is 12.4 Å². The van der Waals surface area contributed by atoms with Gasteiger partial charge in [-0.2, -0.15) is 0 Å². The minimum Gasteiger partial charge on any atom is -0.300 e. The summed E-state index contributed by atoms with van der Waals surface area (Å²) in [4.78, 5) is 15.4.